The van der Waals surface area contributed by atoms with E-state index in [0.717, 1.165) is 25.7 Å². The van der Waals surface area contributed by atoms with Crippen LogP contribution in [0.4, 0.5) is 4.39 Å². The van der Waals surface area contributed by atoms with Gasteiger partial charge >= 0.3 is 0 Å². The van der Waals surface area contributed by atoms with E-state index in [0.29, 0.717) is 11.8 Å². The van der Waals surface area contributed by atoms with Gasteiger partial charge in [0.05, 0.1) is 0 Å². The fraction of sp³-hybridized carbons (Fsp3) is 0.391. The standard InChI is InChI=1S/C23H29F/c1-5-17(2)14-19(4)22(15-20-8-6-18(3)7-9-20)16-21-10-12-23(24)13-11-21/h6-13,19,22H,2,5,14-16H2,1,3-4H3. The quantitative estimate of drug-likeness (QED) is 0.484. The van der Waals surface area contributed by atoms with E-state index in [2.05, 4.69) is 51.6 Å². The number of benzene rings is 2. The molecule has 0 aliphatic rings. The van der Waals surface area contributed by atoms with E-state index in [1.54, 1.807) is 12.1 Å². The van der Waals surface area contributed by atoms with E-state index < -0.39 is 0 Å². The van der Waals surface area contributed by atoms with E-state index >= 15 is 0 Å². The number of aryl methyl sites for hydroxylation is 1. The van der Waals surface area contributed by atoms with E-state index in [1.165, 1.54) is 22.3 Å². The third-order valence-corrected chi connectivity index (χ3v) is 4.95. The van der Waals surface area contributed by atoms with E-state index in [1.807, 2.05) is 12.1 Å². The number of rotatable bonds is 8. The molecule has 0 saturated carbocycles. The van der Waals surface area contributed by atoms with Crippen LogP contribution in [-0.4, -0.2) is 0 Å². The lowest BCUT2D eigenvalue weighted by atomic mass is 9.80. The second-order valence-corrected chi connectivity index (χ2v) is 7.07. The number of hydrogen-bond donors (Lipinski definition) is 0. The predicted octanol–water partition coefficient (Wildman–Crippen LogP) is 6.53. The van der Waals surface area contributed by atoms with Gasteiger partial charge in [-0.15, -0.1) is 0 Å². The average molecular weight is 324 g/mol. The molecule has 1 heteroatoms. The van der Waals surface area contributed by atoms with Gasteiger partial charge in [0.1, 0.15) is 5.82 Å². The summed E-state index contributed by atoms with van der Waals surface area (Å²) in [6.45, 7) is 10.8. The maximum absolute atomic E-state index is 13.2. The zero-order chi connectivity index (χ0) is 17.5. The maximum Gasteiger partial charge on any atom is 0.123 e. The van der Waals surface area contributed by atoms with Crippen LogP contribution in [0.25, 0.3) is 0 Å². The minimum absolute atomic E-state index is 0.166. The fourth-order valence-electron chi connectivity index (χ4n) is 3.19. The van der Waals surface area contributed by atoms with Gasteiger partial charge in [0.15, 0.2) is 0 Å². The van der Waals surface area contributed by atoms with Crippen LogP contribution >= 0.6 is 0 Å². The molecule has 2 atom stereocenters. The molecule has 0 N–H and O–H groups in total. The number of allylic oxidation sites excluding steroid dienone is 1. The molecule has 0 nitrogen and oxygen atoms in total. The molecule has 0 radical (unpaired) electrons. The SMILES string of the molecule is C=C(CC)CC(C)C(Cc1ccc(C)cc1)Cc1ccc(F)cc1. The van der Waals surface area contributed by atoms with Crippen LogP contribution in [-0.2, 0) is 12.8 Å². The molecule has 0 heterocycles. The highest BCUT2D eigenvalue weighted by atomic mass is 19.1. The Morgan fingerprint density at radius 3 is 1.96 bits per heavy atom. The Morgan fingerprint density at radius 1 is 0.958 bits per heavy atom. The van der Waals surface area contributed by atoms with Crippen LogP contribution in [0.5, 0.6) is 0 Å². The van der Waals surface area contributed by atoms with E-state index in [4.69, 9.17) is 0 Å². The van der Waals surface area contributed by atoms with Gasteiger partial charge in [0.25, 0.3) is 0 Å². The molecule has 0 bridgehead atoms. The Labute approximate surface area is 146 Å². The second kappa shape index (κ2) is 8.82. The Hall–Kier alpha value is -1.89. The van der Waals surface area contributed by atoms with Crippen molar-refractivity contribution < 1.29 is 4.39 Å². The maximum atomic E-state index is 13.2. The van der Waals surface area contributed by atoms with Crippen molar-refractivity contribution in [2.75, 3.05) is 0 Å². The summed E-state index contributed by atoms with van der Waals surface area (Å²) < 4.78 is 13.2. The van der Waals surface area contributed by atoms with Crippen molar-refractivity contribution in [3.05, 3.63) is 83.2 Å². The Bertz CT molecular complexity index is 589. The van der Waals surface area contributed by atoms with Crippen LogP contribution in [0.3, 0.4) is 0 Å². The second-order valence-electron chi connectivity index (χ2n) is 7.07. The molecule has 0 aliphatic heterocycles. The van der Waals surface area contributed by atoms with Gasteiger partial charge in [-0.1, -0.05) is 68.0 Å². The first kappa shape index (κ1) is 18.4. The lowest BCUT2D eigenvalue weighted by Crippen LogP contribution is -2.18. The first-order valence-corrected chi connectivity index (χ1v) is 8.94. The van der Waals surface area contributed by atoms with Gasteiger partial charge < -0.3 is 0 Å². The van der Waals surface area contributed by atoms with Crippen molar-refractivity contribution in [3.8, 4) is 0 Å². The molecular formula is C23H29F. The summed E-state index contributed by atoms with van der Waals surface area (Å²) in [5, 5.41) is 0. The van der Waals surface area contributed by atoms with Crippen LogP contribution in [0, 0.1) is 24.6 Å². The van der Waals surface area contributed by atoms with Gasteiger partial charge in [0.2, 0.25) is 0 Å². The van der Waals surface area contributed by atoms with Crippen LogP contribution in [0.15, 0.2) is 60.7 Å². The summed E-state index contributed by atoms with van der Waals surface area (Å²) in [4.78, 5) is 0. The van der Waals surface area contributed by atoms with Gasteiger partial charge in [0, 0.05) is 0 Å². The molecule has 2 aromatic carbocycles. The summed E-state index contributed by atoms with van der Waals surface area (Å²) in [5.74, 6) is 0.923. The van der Waals surface area contributed by atoms with Crippen molar-refractivity contribution >= 4 is 0 Å². The predicted molar refractivity (Wildman–Crippen MR) is 102 cm³/mol. The van der Waals surface area contributed by atoms with Gasteiger partial charge in [-0.05, 0) is 67.7 Å². The largest absolute Gasteiger partial charge is 0.207 e. The fourth-order valence-corrected chi connectivity index (χ4v) is 3.19. The zero-order valence-electron chi connectivity index (χ0n) is 15.2. The van der Waals surface area contributed by atoms with Crippen LogP contribution in [0.2, 0.25) is 0 Å². The number of hydrogen-bond acceptors (Lipinski definition) is 0. The summed E-state index contributed by atoms with van der Waals surface area (Å²) in [5.41, 5.74) is 5.20. The monoisotopic (exact) mass is 324 g/mol. The highest BCUT2D eigenvalue weighted by Crippen LogP contribution is 2.28. The summed E-state index contributed by atoms with van der Waals surface area (Å²) in [6, 6.07) is 15.8. The molecule has 2 unspecified atom stereocenters. The topological polar surface area (TPSA) is 0 Å². The number of halogens is 1. The molecule has 24 heavy (non-hydrogen) atoms. The normalized spacial score (nSPS) is 13.5. The highest BCUT2D eigenvalue weighted by molar-refractivity contribution is 5.23. The van der Waals surface area contributed by atoms with Gasteiger partial charge in [-0.25, -0.2) is 4.39 Å². The summed E-state index contributed by atoms with van der Waals surface area (Å²) in [6.07, 6.45) is 4.13. The lowest BCUT2D eigenvalue weighted by Gasteiger charge is -2.25. The zero-order valence-corrected chi connectivity index (χ0v) is 15.2. The van der Waals surface area contributed by atoms with Crippen LogP contribution < -0.4 is 0 Å². The third-order valence-electron chi connectivity index (χ3n) is 4.95. The third kappa shape index (κ3) is 5.63. The molecule has 0 aromatic heterocycles. The summed E-state index contributed by atoms with van der Waals surface area (Å²) >= 11 is 0. The first-order valence-electron chi connectivity index (χ1n) is 8.94. The molecule has 0 fully saturated rings. The van der Waals surface area contributed by atoms with Gasteiger partial charge in [-0.2, -0.15) is 0 Å². The Balaban J connectivity index is 2.14. The van der Waals surface area contributed by atoms with Gasteiger partial charge in [-0.3, -0.25) is 0 Å². The van der Waals surface area contributed by atoms with Crippen LogP contribution in [0.1, 0.15) is 43.4 Å². The van der Waals surface area contributed by atoms with Crippen molar-refractivity contribution in [1.82, 2.24) is 0 Å². The van der Waals surface area contributed by atoms with Crippen molar-refractivity contribution in [1.29, 1.82) is 0 Å². The molecule has 0 spiro atoms. The lowest BCUT2D eigenvalue weighted by molar-refractivity contribution is 0.348. The minimum Gasteiger partial charge on any atom is -0.207 e. The smallest absolute Gasteiger partial charge is 0.123 e. The van der Waals surface area contributed by atoms with Crippen molar-refractivity contribution in [2.24, 2.45) is 11.8 Å². The van der Waals surface area contributed by atoms with Crippen molar-refractivity contribution in [3.63, 3.8) is 0 Å². The Morgan fingerprint density at radius 2 is 1.46 bits per heavy atom. The highest BCUT2D eigenvalue weighted by Gasteiger charge is 2.19. The molecule has 0 aliphatic carbocycles. The molecule has 0 amide bonds. The first-order chi connectivity index (χ1) is 11.5. The minimum atomic E-state index is -0.166. The van der Waals surface area contributed by atoms with Crippen molar-refractivity contribution in [2.45, 2.75) is 46.5 Å². The molecular weight excluding hydrogens is 295 g/mol. The Kier molecular flexibility index (Phi) is 6.78. The molecule has 128 valence electrons. The molecule has 2 aromatic rings. The van der Waals surface area contributed by atoms with E-state index in [-0.39, 0.29) is 5.82 Å². The summed E-state index contributed by atoms with van der Waals surface area (Å²) in [7, 11) is 0. The molecule has 2 rings (SSSR count). The molecule has 0 saturated heterocycles. The van der Waals surface area contributed by atoms with E-state index in [9.17, 15) is 4.39 Å². The average Bonchev–Trinajstić information content (AvgIpc) is 2.58.